The number of rotatable bonds is 5. The minimum absolute atomic E-state index is 0.266. The second-order valence-electron chi connectivity index (χ2n) is 5.03. The highest BCUT2D eigenvalue weighted by atomic mass is 32.2. The number of aromatic nitrogens is 2. The molecule has 0 saturated carbocycles. The molecular weight excluding hydrogens is 340 g/mol. The number of nitrogens with zero attached hydrogens (tertiary/aromatic N) is 2. The number of pyridine rings is 1. The van der Waals surface area contributed by atoms with Crippen LogP contribution in [0, 0.1) is 0 Å². The molecule has 0 bridgehead atoms. The Morgan fingerprint density at radius 1 is 1.28 bits per heavy atom. The monoisotopic (exact) mass is 356 g/mol. The van der Waals surface area contributed by atoms with Crippen LogP contribution >= 0.6 is 11.8 Å². The minimum atomic E-state index is -0.473. The first-order valence-electron chi connectivity index (χ1n) is 7.63. The highest BCUT2D eigenvalue weighted by molar-refractivity contribution is 8.02. The van der Waals surface area contributed by atoms with Gasteiger partial charge in [0.25, 0.3) is 0 Å². The van der Waals surface area contributed by atoms with Crippen molar-refractivity contribution >= 4 is 40.1 Å². The molecule has 0 saturated heterocycles. The molecular formula is C18H16N2O4S. The molecule has 7 heteroatoms. The Labute approximate surface area is 148 Å². The summed E-state index contributed by atoms with van der Waals surface area (Å²) in [5.74, 6) is -0.932. The molecule has 1 aromatic carbocycles. The SMILES string of the molecule is CCOC(=O)c1c(S/C=C/C(=O)OC)nc2c3ccccc3ccn12. The third-order valence-corrected chi connectivity index (χ3v) is 4.32. The number of thioether (sulfide) groups is 1. The van der Waals surface area contributed by atoms with Crippen LogP contribution in [-0.4, -0.2) is 35.0 Å². The van der Waals surface area contributed by atoms with Crippen LogP contribution in [0.5, 0.6) is 0 Å². The van der Waals surface area contributed by atoms with E-state index in [0.717, 1.165) is 10.8 Å². The number of fused-ring (bicyclic) bond motifs is 3. The number of benzene rings is 1. The van der Waals surface area contributed by atoms with Gasteiger partial charge in [0.15, 0.2) is 5.69 Å². The molecule has 3 rings (SSSR count). The van der Waals surface area contributed by atoms with E-state index < -0.39 is 11.9 Å². The fourth-order valence-corrected chi connectivity index (χ4v) is 3.18. The lowest BCUT2D eigenvalue weighted by atomic mass is 10.2. The van der Waals surface area contributed by atoms with Crippen molar-refractivity contribution in [3.63, 3.8) is 0 Å². The standard InChI is InChI=1S/C18H16N2O4S/c1-3-24-18(22)15-17(25-11-9-14(21)23-2)19-16-13-7-5-4-6-12(13)8-10-20(15)16/h4-11H,3H2,1-2H3/b11-9+. The number of carbonyl (C=O) groups excluding carboxylic acids is 2. The van der Waals surface area contributed by atoms with E-state index in [-0.39, 0.29) is 6.61 Å². The maximum atomic E-state index is 12.4. The molecule has 0 atom stereocenters. The van der Waals surface area contributed by atoms with Crippen molar-refractivity contribution in [2.75, 3.05) is 13.7 Å². The molecule has 0 aliphatic heterocycles. The average molecular weight is 356 g/mol. The Bertz CT molecular complexity index is 978. The third-order valence-electron chi connectivity index (χ3n) is 3.54. The second-order valence-corrected chi connectivity index (χ2v) is 5.92. The lowest BCUT2D eigenvalue weighted by molar-refractivity contribution is -0.134. The van der Waals surface area contributed by atoms with Crippen molar-refractivity contribution < 1.29 is 19.1 Å². The zero-order chi connectivity index (χ0) is 17.8. The van der Waals surface area contributed by atoms with E-state index in [1.54, 1.807) is 22.9 Å². The zero-order valence-electron chi connectivity index (χ0n) is 13.8. The Morgan fingerprint density at radius 3 is 2.84 bits per heavy atom. The van der Waals surface area contributed by atoms with E-state index in [1.165, 1.54) is 24.9 Å². The Balaban J connectivity index is 2.14. The number of ether oxygens (including phenoxy) is 2. The molecule has 0 N–H and O–H groups in total. The second kappa shape index (κ2) is 7.40. The summed E-state index contributed by atoms with van der Waals surface area (Å²) in [6, 6.07) is 9.72. The Kier molecular flexibility index (Phi) is 5.04. The maximum Gasteiger partial charge on any atom is 0.358 e. The number of methoxy groups -OCH3 is 1. The normalized spacial score (nSPS) is 11.3. The Morgan fingerprint density at radius 2 is 2.08 bits per heavy atom. The molecule has 0 aliphatic carbocycles. The number of esters is 2. The molecule has 0 aliphatic rings. The van der Waals surface area contributed by atoms with Gasteiger partial charge in [0.2, 0.25) is 0 Å². The van der Waals surface area contributed by atoms with Crippen molar-refractivity contribution in [2.45, 2.75) is 11.9 Å². The van der Waals surface area contributed by atoms with Gasteiger partial charge in [-0.05, 0) is 23.8 Å². The van der Waals surface area contributed by atoms with Gasteiger partial charge in [-0.1, -0.05) is 36.0 Å². The van der Waals surface area contributed by atoms with Crippen LogP contribution in [0.25, 0.3) is 16.4 Å². The van der Waals surface area contributed by atoms with Gasteiger partial charge in [-0.25, -0.2) is 14.6 Å². The fourth-order valence-electron chi connectivity index (χ4n) is 2.44. The van der Waals surface area contributed by atoms with Crippen LogP contribution in [0.2, 0.25) is 0 Å². The van der Waals surface area contributed by atoms with Gasteiger partial charge in [-0.15, -0.1) is 0 Å². The highest BCUT2D eigenvalue weighted by Gasteiger charge is 2.21. The molecule has 6 nitrogen and oxygen atoms in total. The van der Waals surface area contributed by atoms with Crippen molar-refractivity contribution in [3.8, 4) is 0 Å². The fraction of sp³-hybridized carbons (Fsp3) is 0.167. The van der Waals surface area contributed by atoms with Crippen molar-refractivity contribution in [2.24, 2.45) is 0 Å². The first-order valence-corrected chi connectivity index (χ1v) is 8.51. The van der Waals surface area contributed by atoms with Crippen LogP contribution in [0.4, 0.5) is 0 Å². The van der Waals surface area contributed by atoms with Crippen molar-refractivity contribution in [3.05, 3.63) is 53.7 Å². The van der Waals surface area contributed by atoms with E-state index in [1.807, 2.05) is 30.3 Å². The van der Waals surface area contributed by atoms with Gasteiger partial charge in [-0.2, -0.15) is 0 Å². The molecule has 0 fully saturated rings. The molecule has 25 heavy (non-hydrogen) atoms. The quantitative estimate of drug-likeness (QED) is 0.396. The maximum absolute atomic E-state index is 12.4. The first-order chi connectivity index (χ1) is 12.2. The molecule has 2 aromatic heterocycles. The zero-order valence-corrected chi connectivity index (χ0v) is 14.6. The number of imidazole rings is 1. The average Bonchev–Trinajstić information content (AvgIpc) is 3.00. The third kappa shape index (κ3) is 3.36. The van der Waals surface area contributed by atoms with Crippen LogP contribution in [-0.2, 0) is 14.3 Å². The topological polar surface area (TPSA) is 69.9 Å². The number of hydrogen-bond donors (Lipinski definition) is 0. The summed E-state index contributed by atoms with van der Waals surface area (Å²) in [4.78, 5) is 28.2. The van der Waals surface area contributed by atoms with Crippen molar-refractivity contribution in [1.29, 1.82) is 0 Å². The molecule has 0 spiro atoms. The van der Waals surface area contributed by atoms with Crippen LogP contribution in [0.15, 0.2) is 53.0 Å². The van der Waals surface area contributed by atoms with E-state index in [0.29, 0.717) is 16.4 Å². The molecule has 0 radical (unpaired) electrons. The highest BCUT2D eigenvalue weighted by Crippen LogP contribution is 2.29. The summed E-state index contributed by atoms with van der Waals surface area (Å²) >= 11 is 1.17. The molecule has 3 aromatic rings. The molecule has 0 unspecified atom stereocenters. The van der Waals surface area contributed by atoms with Crippen molar-refractivity contribution in [1.82, 2.24) is 9.38 Å². The molecule has 128 valence electrons. The van der Waals surface area contributed by atoms with Gasteiger partial charge >= 0.3 is 11.9 Å². The summed E-state index contributed by atoms with van der Waals surface area (Å²) in [5.41, 5.74) is 0.997. The lowest BCUT2D eigenvalue weighted by Gasteiger charge is -2.04. The van der Waals surface area contributed by atoms with E-state index >= 15 is 0 Å². The van der Waals surface area contributed by atoms with Crippen LogP contribution < -0.4 is 0 Å². The molecule has 0 amide bonds. The summed E-state index contributed by atoms with van der Waals surface area (Å²) in [6.45, 7) is 2.02. The van der Waals surface area contributed by atoms with Gasteiger partial charge in [0.1, 0.15) is 10.7 Å². The predicted octanol–water partition coefficient (Wildman–Crippen LogP) is 3.44. The number of carbonyl (C=O) groups is 2. The Hall–Kier alpha value is -2.80. The summed E-state index contributed by atoms with van der Waals surface area (Å²) in [7, 11) is 1.30. The van der Waals surface area contributed by atoms with Gasteiger partial charge in [0.05, 0.1) is 13.7 Å². The van der Waals surface area contributed by atoms with Crippen LogP contribution in [0.1, 0.15) is 17.4 Å². The number of hydrogen-bond acceptors (Lipinski definition) is 6. The largest absolute Gasteiger partial charge is 0.466 e. The van der Waals surface area contributed by atoms with E-state index in [2.05, 4.69) is 9.72 Å². The minimum Gasteiger partial charge on any atom is -0.466 e. The van der Waals surface area contributed by atoms with Gasteiger partial charge in [0, 0.05) is 17.7 Å². The first kappa shape index (κ1) is 17.0. The van der Waals surface area contributed by atoms with Crippen LogP contribution in [0.3, 0.4) is 0 Å². The van der Waals surface area contributed by atoms with Gasteiger partial charge in [-0.3, -0.25) is 4.40 Å². The summed E-state index contributed by atoms with van der Waals surface area (Å²) in [5, 5.41) is 3.96. The van der Waals surface area contributed by atoms with Gasteiger partial charge < -0.3 is 9.47 Å². The van der Waals surface area contributed by atoms with E-state index in [4.69, 9.17) is 4.74 Å². The smallest absolute Gasteiger partial charge is 0.358 e. The lowest BCUT2D eigenvalue weighted by Crippen LogP contribution is -2.09. The predicted molar refractivity (Wildman–Crippen MR) is 95.7 cm³/mol. The molecule has 2 heterocycles. The summed E-state index contributed by atoms with van der Waals surface area (Å²) < 4.78 is 11.4. The van der Waals surface area contributed by atoms with E-state index in [9.17, 15) is 9.59 Å². The summed E-state index contributed by atoms with van der Waals surface area (Å²) in [6.07, 6.45) is 3.08.